The summed E-state index contributed by atoms with van der Waals surface area (Å²) in [5, 5.41) is 0. The largest absolute Gasteiger partial charge is 0.0987 e. The van der Waals surface area contributed by atoms with E-state index in [4.69, 9.17) is 0 Å². The van der Waals surface area contributed by atoms with Crippen LogP contribution < -0.4 is 0 Å². The first-order valence-electron chi connectivity index (χ1n) is 9.22. The number of fused-ring (bicyclic) bond motifs is 2. The van der Waals surface area contributed by atoms with Gasteiger partial charge in [-0.2, -0.15) is 0 Å². The molecule has 1 aromatic rings. The van der Waals surface area contributed by atoms with E-state index in [1.165, 1.54) is 22.3 Å². The first kappa shape index (κ1) is 18.7. The Labute approximate surface area is 163 Å². The Morgan fingerprint density at radius 1 is 0.778 bits per heavy atom. The highest BCUT2D eigenvalue weighted by Gasteiger charge is 2.49. The van der Waals surface area contributed by atoms with Gasteiger partial charge in [-0.3, -0.25) is 0 Å². The smallest absolute Gasteiger partial charge is 0.0718 e. The molecule has 0 aromatic heterocycles. The van der Waals surface area contributed by atoms with E-state index >= 15 is 0 Å². The quantitative estimate of drug-likeness (QED) is 0.524. The van der Waals surface area contributed by atoms with Crippen LogP contribution in [0.3, 0.4) is 0 Å². The van der Waals surface area contributed by atoms with E-state index in [2.05, 4.69) is 69.3 Å². The first-order valence-corrected chi connectivity index (χ1v) is 9.22. The van der Waals surface area contributed by atoms with E-state index in [0.717, 1.165) is 28.7 Å². The maximum absolute atomic E-state index is 4.19. The van der Waals surface area contributed by atoms with E-state index in [9.17, 15) is 0 Å². The van der Waals surface area contributed by atoms with Gasteiger partial charge in [-0.1, -0.05) is 99.7 Å². The zero-order valence-electron chi connectivity index (χ0n) is 16.1. The van der Waals surface area contributed by atoms with Gasteiger partial charge in [-0.25, -0.2) is 0 Å². The molecule has 27 heavy (non-hydrogen) atoms. The average Bonchev–Trinajstić information content (AvgIpc) is 2.97. The van der Waals surface area contributed by atoms with E-state index in [1.54, 1.807) is 0 Å². The number of hydrogen-bond acceptors (Lipinski definition) is 0. The molecule has 1 spiro atoms. The molecule has 3 rings (SSSR count). The Kier molecular flexibility index (Phi) is 5.01. The lowest BCUT2D eigenvalue weighted by Crippen LogP contribution is -2.35. The third-order valence-corrected chi connectivity index (χ3v) is 5.62. The zero-order valence-corrected chi connectivity index (χ0v) is 16.1. The molecule has 0 atom stereocenters. The number of hydrogen-bond donors (Lipinski definition) is 0. The van der Waals surface area contributed by atoms with Crippen LogP contribution in [0.1, 0.15) is 18.1 Å². The van der Waals surface area contributed by atoms with Crippen molar-refractivity contribution in [1.82, 2.24) is 0 Å². The van der Waals surface area contributed by atoms with Gasteiger partial charge >= 0.3 is 0 Å². The highest BCUT2D eigenvalue weighted by molar-refractivity contribution is 5.79. The summed E-state index contributed by atoms with van der Waals surface area (Å²) < 4.78 is 0. The predicted octanol–water partition coefficient (Wildman–Crippen LogP) is 6.89. The lowest BCUT2D eigenvalue weighted by Gasteiger charge is -2.42. The standard InChI is InChI=1S/C27H26/c1-7-15-19-18-20-16-13-14-17-26(20)27(23(19)10-4)24(11-5)21(8-2)22(9-3)25(27)12-6/h7-17H,2-6,18H2,1H3/b15-7-. The summed E-state index contributed by atoms with van der Waals surface area (Å²) in [6.07, 6.45) is 14.9. The summed E-state index contributed by atoms with van der Waals surface area (Å²) >= 11 is 0. The van der Waals surface area contributed by atoms with Gasteiger partial charge in [-0.15, -0.1) is 0 Å². The molecule has 1 aromatic carbocycles. The number of benzene rings is 1. The highest BCUT2D eigenvalue weighted by Crippen LogP contribution is 2.58. The fraction of sp³-hybridized carbons (Fsp3) is 0.111. The van der Waals surface area contributed by atoms with Crippen molar-refractivity contribution in [2.45, 2.75) is 18.8 Å². The second-order valence-corrected chi connectivity index (χ2v) is 6.70. The van der Waals surface area contributed by atoms with Crippen molar-refractivity contribution in [3.8, 4) is 0 Å². The van der Waals surface area contributed by atoms with Crippen LogP contribution in [0, 0.1) is 0 Å². The minimum Gasteiger partial charge on any atom is -0.0987 e. The molecule has 0 aliphatic heterocycles. The van der Waals surface area contributed by atoms with Crippen molar-refractivity contribution in [2.24, 2.45) is 0 Å². The summed E-state index contributed by atoms with van der Waals surface area (Å²) in [6.45, 7) is 22.7. The Morgan fingerprint density at radius 3 is 1.81 bits per heavy atom. The molecule has 134 valence electrons. The molecule has 0 radical (unpaired) electrons. The monoisotopic (exact) mass is 350 g/mol. The average molecular weight is 351 g/mol. The minimum atomic E-state index is -0.484. The number of rotatable bonds is 6. The molecule has 0 saturated carbocycles. The molecule has 0 N–H and O–H groups in total. The van der Waals surface area contributed by atoms with Crippen molar-refractivity contribution in [3.63, 3.8) is 0 Å². The van der Waals surface area contributed by atoms with Gasteiger partial charge in [0, 0.05) is 0 Å². The lowest BCUT2D eigenvalue weighted by molar-refractivity contribution is 0.712. The van der Waals surface area contributed by atoms with Crippen molar-refractivity contribution in [2.75, 3.05) is 0 Å². The highest BCUT2D eigenvalue weighted by atomic mass is 14.5. The normalized spacial score (nSPS) is 18.1. The Hall–Kier alpha value is -3.12. The maximum atomic E-state index is 4.19. The van der Waals surface area contributed by atoms with Crippen molar-refractivity contribution >= 4 is 0 Å². The molecule has 0 heteroatoms. The van der Waals surface area contributed by atoms with Crippen molar-refractivity contribution in [1.29, 1.82) is 0 Å². The summed E-state index contributed by atoms with van der Waals surface area (Å²) in [6, 6.07) is 8.63. The van der Waals surface area contributed by atoms with Gasteiger partial charge in [0.05, 0.1) is 5.41 Å². The minimum absolute atomic E-state index is 0.484. The van der Waals surface area contributed by atoms with E-state index in [-0.39, 0.29) is 0 Å². The summed E-state index contributed by atoms with van der Waals surface area (Å²) in [4.78, 5) is 0. The first-order chi connectivity index (χ1) is 13.1. The van der Waals surface area contributed by atoms with Gasteiger partial charge in [0.2, 0.25) is 0 Å². The fourth-order valence-electron chi connectivity index (χ4n) is 4.75. The molecular formula is C27H26. The van der Waals surface area contributed by atoms with Gasteiger partial charge in [0.25, 0.3) is 0 Å². The summed E-state index contributed by atoms with van der Waals surface area (Å²) in [5.41, 5.74) is 8.88. The third kappa shape index (κ3) is 2.37. The molecule has 0 nitrogen and oxygen atoms in total. The van der Waals surface area contributed by atoms with Crippen LogP contribution in [-0.4, -0.2) is 0 Å². The zero-order chi connectivity index (χ0) is 19.6. The van der Waals surface area contributed by atoms with Crippen LogP contribution in [0.5, 0.6) is 0 Å². The van der Waals surface area contributed by atoms with Crippen molar-refractivity contribution in [3.05, 3.63) is 144 Å². The van der Waals surface area contributed by atoms with E-state index in [0.29, 0.717) is 0 Å². The Morgan fingerprint density at radius 2 is 1.33 bits per heavy atom. The van der Waals surface area contributed by atoms with Gasteiger partial charge in [-0.05, 0) is 57.9 Å². The Bertz CT molecular complexity index is 947. The SMILES string of the molecule is C=CC1=C(C=C)C2(C(C=C)=C(/C=C\C)Cc3ccccc32)C(C=C)=C1C=C. The molecule has 2 aliphatic rings. The molecule has 0 bridgehead atoms. The predicted molar refractivity (Wildman–Crippen MR) is 119 cm³/mol. The lowest BCUT2D eigenvalue weighted by atomic mass is 9.60. The van der Waals surface area contributed by atoms with Crippen LogP contribution in [0.15, 0.2) is 133 Å². The second kappa shape index (κ2) is 7.25. The molecular weight excluding hydrogens is 324 g/mol. The van der Waals surface area contributed by atoms with E-state index < -0.39 is 5.41 Å². The van der Waals surface area contributed by atoms with Crippen LogP contribution in [0.4, 0.5) is 0 Å². The second-order valence-electron chi connectivity index (χ2n) is 6.70. The molecule has 2 aliphatic carbocycles. The van der Waals surface area contributed by atoms with Crippen LogP contribution in [0.2, 0.25) is 0 Å². The topological polar surface area (TPSA) is 0 Å². The molecule has 0 heterocycles. The van der Waals surface area contributed by atoms with Gasteiger partial charge < -0.3 is 0 Å². The molecule has 0 saturated heterocycles. The molecule has 0 unspecified atom stereocenters. The van der Waals surface area contributed by atoms with Crippen LogP contribution in [-0.2, 0) is 11.8 Å². The van der Waals surface area contributed by atoms with E-state index in [1.807, 2.05) is 37.3 Å². The molecule has 0 amide bonds. The van der Waals surface area contributed by atoms with Gasteiger partial charge in [0.1, 0.15) is 0 Å². The van der Waals surface area contributed by atoms with Gasteiger partial charge in [0.15, 0.2) is 0 Å². The summed E-state index contributed by atoms with van der Waals surface area (Å²) in [5.74, 6) is 0. The Balaban J connectivity index is 2.62. The maximum Gasteiger partial charge on any atom is 0.0718 e. The van der Waals surface area contributed by atoms with Crippen molar-refractivity contribution < 1.29 is 0 Å². The van der Waals surface area contributed by atoms with Crippen LogP contribution >= 0.6 is 0 Å². The fourth-order valence-corrected chi connectivity index (χ4v) is 4.75. The third-order valence-electron chi connectivity index (χ3n) is 5.62. The number of allylic oxidation sites excluding steroid dienone is 13. The summed E-state index contributed by atoms with van der Waals surface area (Å²) in [7, 11) is 0. The molecule has 0 fully saturated rings. The van der Waals surface area contributed by atoms with Crippen LogP contribution in [0.25, 0.3) is 0 Å².